The number of hydrogen-bond donors (Lipinski definition) is 1. The second kappa shape index (κ2) is 4.90. The lowest BCUT2D eigenvalue weighted by Gasteiger charge is -2.29. The maximum absolute atomic E-state index is 11.9. The Morgan fingerprint density at radius 3 is 2.84 bits per heavy atom. The molecule has 5 heteroatoms. The van der Waals surface area contributed by atoms with Gasteiger partial charge in [-0.25, -0.2) is 0 Å². The zero-order valence-corrected chi connectivity index (χ0v) is 10.7. The van der Waals surface area contributed by atoms with E-state index in [4.69, 9.17) is 5.26 Å². The molecule has 0 spiro atoms. The smallest absolute Gasteiger partial charge is 0.232 e. The van der Waals surface area contributed by atoms with Gasteiger partial charge in [-0.1, -0.05) is 0 Å². The van der Waals surface area contributed by atoms with Crippen molar-refractivity contribution in [2.75, 3.05) is 42.5 Å². The van der Waals surface area contributed by atoms with Crippen molar-refractivity contribution in [3.63, 3.8) is 0 Å². The zero-order valence-electron chi connectivity index (χ0n) is 10.7. The number of amides is 1. The summed E-state index contributed by atoms with van der Waals surface area (Å²) in [5.41, 5.74) is 3.11. The van der Waals surface area contributed by atoms with Crippen molar-refractivity contribution in [1.82, 2.24) is 5.32 Å². The van der Waals surface area contributed by atoms with Crippen LogP contribution in [0.15, 0.2) is 18.2 Å². The van der Waals surface area contributed by atoms with Gasteiger partial charge in [0.05, 0.1) is 12.5 Å². The number of piperazine rings is 1. The van der Waals surface area contributed by atoms with Gasteiger partial charge in [0.1, 0.15) is 6.54 Å². The van der Waals surface area contributed by atoms with Crippen molar-refractivity contribution in [3.05, 3.63) is 23.8 Å². The van der Waals surface area contributed by atoms with E-state index in [1.165, 1.54) is 5.69 Å². The molecule has 0 unspecified atom stereocenters. The predicted molar refractivity (Wildman–Crippen MR) is 73.2 cm³/mol. The van der Waals surface area contributed by atoms with E-state index in [1.807, 2.05) is 18.2 Å². The summed E-state index contributed by atoms with van der Waals surface area (Å²) in [6.45, 7) is 4.12. The van der Waals surface area contributed by atoms with Crippen LogP contribution in [0.3, 0.4) is 0 Å². The minimum Gasteiger partial charge on any atom is -0.369 e. The van der Waals surface area contributed by atoms with Gasteiger partial charge in [-0.15, -0.1) is 0 Å². The number of carbonyl (C=O) groups is 1. The molecule has 1 aromatic carbocycles. The molecule has 0 saturated carbocycles. The molecule has 0 aliphatic carbocycles. The number of rotatable bonds is 2. The highest BCUT2D eigenvalue weighted by molar-refractivity contribution is 6.02. The van der Waals surface area contributed by atoms with Crippen LogP contribution in [0.4, 0.5) is 11.4 Å². The summed E-state index contributed by atoms with van der Waals surface area (Å²) in [5.74, 6) is 0.0222. The maximum atomic E-state index is 11.9. The Kier molecular flexibility index (Phi) is 3.10. The van der Waals surface area contributed by atoms with Crippen molar-refractivity contribution >= 4 is 17.3 Å². The fraction of sp³-hybridized carbons (Fsp3) is 0.429. The molecule has 0 bridgehead atoms. The second-order valence-corrected chi connectivity index (χ2v) is 4.86. The van der Waals surface area contributed by atoms with E-state index in [-0.39, 0.29) is 12.5 Å². The Bertz CT molecular complexity index is 543. The van der Waals surface area contributed by atoms with Crippen LogP contribution in [-0.2, 0) is 11.2 Å². The SMILES string of the molecule is N#CCN1C(=O)Cc2cc(N3CCNCC3)ccc21. The van der Waals surface area contributed by atoms with Crippen molar-refractivity contribution in [1.29, 1.82) is 5.26 Å². The summed E-state index contributed by atoms with van der Waals surface area (Å²) >= 11 is 0. The van der Waals surface area contributed by atoms with E-state index in [9.17, 15) is 4.79 Å². The molecule has 1 saturated heterocycles. The normalized spacial score (nSPS) is 18.4. The van der Waals surface area contributed by atoms with Crippen LogP contribution >= 0.6 is 0 Å². The molecule has 0 atom stereocenters. The number of benzene rings is 1. The summed E-state index contributed by atoms with van der Waals surface area (Å²) in [7, 11) is 0. The van der Waals surface area contributed by atoms with Gasteiger partial charge >= 0.3 is 0 Å². The minimum absolute atomic E-state index is 0.0222. The van der Waals surface area contributed by atoms with Crippen LogP contribution in [0.1, 0.15) is 5.56 Å². The maximum Gasteiger partial charge on any atom is 0.232 e. The van der Waals surface area contributed by atoms with Crippen molar-refractivity contribution in [3.8, 4) is 6.07 Å². The van der Waals surface area contributed by atoms with Gasteiger partial charge in [0.15, 0.2) is 0 Å². The standard InChI is InChI=1S/C14H16N4O/c15-3-6-18-13-2-1-12(9-11(13)10-14(18)19)17-7-4-16-5-8-17/h1-2,9,16H,4-8,10H2. The lowest BCUT2D eigenvalue weighted by atomic mass is 10.1. The Balaban J connectivity index is 1.87. The first-order chi connectivity index (χ1) is 9.29. The molecule has 0 radical (unpaired) electrons. The number of hydrogen-bond acceptors (Lipinski definition) is 4. The quantitative estimate of drug-likeness (QED) is 0.783. The molecule has 19 heavy (non-hydrogen) atoms. The minimum atomic E-state index is 0.0222. The first-order valence-corrected chi connectivity index (χ1v) is 6.55. The third kappa shape index (κ3) is 2.15. The van der Waals surface area contributed by atoms with Crippen LogP contribution in [0.25, 0.3) is 0 Å². The topological polar surface area (TPSA) is 59.4 Å². The number of fused-ring (bicyclic) bond motifs is 1. The van der Waals surface area contributed by atoms with E-state index in [0.29, 0.717) is 6.42 Å². The molecular weight excluding hydrogens is 240 g/mol. The lowest BCUT2D eigenvalue weighted by molar-refractivity contribution is -0.117. The molecule has 5 nitrogen and oxygen atoms in total. The predicted octanol–water partition coefficient (Wildman–Crippen LogP) is 0.509. The molecule has 1 N–H and O–H groups in total. The monoisotopic (exact) mass is 256 g/mol. The molecule has 2 aliphatic heterocycles. The highest BCUT2D eigenvalue weighted by Crippen LogP contribution is 2.32. The van der Waals surface area contributed by atoms with Crippen molar-refractivity contribution in [2.24, 2.45) is 0 Å². The van der Waals surface area contributed by atoms with E-state index < -0.39 is 0 Å². The van der Waals surface area contributed by atoms with E-state index in [2.05, 4.69) is 16.3 Å². The second-order valence-electron chi connectivity index (χ2n) is 4.86. The third-order valence-corrected chi connectivity index (χ3v) is 3.71. The van der Waals surface area contributed by atoms with Gasteiger partial charge < -0.3 is 10.2 Å². The van der Waals surface area contributed by atoms with Crippen LogP contribution in [0, 0.1) is 11.3 Å². The summed E-state index contributed by atoms with van der Waals surface area (Å²) in [5, 5.41) is 12.1. The van der Waals surface area contributed by atoms with Crippen molar-refractivity contribution < 1.29 is 4.79 Å². The van der Waals surface area contributed by atoms with Crippen LogP contribution in [0.5, 0.6) is 0 Å². The van der Waals surface area contributed by atoms with Gasteiger partial charge in [-0.3, -0.25) is 9.69 Å². The summed E-state index contributed by atoms with van der Waals surface area (Å²) < 4.78 is 0. The molecule has 2 heterocycles. The molecule has 1 amide bonds. The first-order valence-electron chi connectivity index (χ1n) is 6.55. The van der Waals surface area contributed by atoms with Gasteiger partial charge in [0.25, 0.3) is 0 Å². The van der Waals surface area contributed by atoms with Gasteiger partial charge in [0.2, 0.25) is 5.91 Å². The molecule has 3 rings (SSSR count). The fourth-order valence-electron chi connectivity index (χ4n) is 2.73. The van der Waals surface area contributed by atoms with Gasteiger partial charge in [-0.05, 0) is 23.8 Å². The zero-order chi connectivity index (χ0) is 13.2. The fourth-order valence-corrected chi connectivity index (χ4v) is 2.73. The molecule has 1 aromatic rings. The average Bonchev–Trinajstić information content (AvgIpc) is 2.76. The van der Waals surface area contributed by atoms with Gasteiger partial charge in [0, 0.05) is 37.6 Å². The molecular formula is C14H16N4O. The Hall–Kier alpha value is -2.06. The Labute approximate surface area is 112 Å². The number of anilines is 2. The molecule has 0 aromatic heterocycles. The van der Waals surface area contributed by atoms with Crippen LogP contribution < -0.4 is 15.1 Å². The van der Waals surface area contributed by atoms with Crippen molar-refractivity contribution in [2.45, 2.75) is 6.42 Å². The third-order valence-electron chi connectivity index (χ3n) is 3.71. The summed E-state index contributed by atoms with van der Waals surface area (Å²) in [6, 6.07) is 8.15. The largest absolute Gasteiger partial charge is 0.369 e. The molecule has 1 fully saturated rings. The number of nitrogens with one attached hydrogen (secondary N) is 1. The highest BCUT2D eigenvalue weighted by atomic mass is 16.2. The first kappa shape index (κ1) is 12.0. The van der Waals surface area contributed by atoms with E-state index in [0.717, 1.165) is 37.4 Å². The highest BCUT2D eigenvalue weighted by Gasteiger charge is 2.27. The number of nitriles is 1. The van der Waals surface area contributed by atoms with Crippen LogP contribution in [0.2, 0.25) is 0 Å². The van der Waals surface area contributed by atoms with Gasteiger partial charge in [-0.2, -0.15) is 5.26 Å². The molecule has 98 valence electrons. The molecule has 2 aliphatic rings. The average molecular weight is 256 g/mol. The lowest BCUT2D eigenvalue weighted by Crippen LogP contribution is -2.43. The Morgan fingerprint density at radius 2 is 2.11 bits per heavy atom. The Morgan fingerprint density at radius 1 is 1.32 bits per heavy atom. The number of nitrogens with zero attached hydrogens (tertiary/aromatic N) is 3. The summed E-state index contributed by atoms with van der Waals surface area (Å²) in [4.78, 5) is 15.8. The van der Waals surface area contributed by atoms with Crippen LogP contribution in [-0.4, -0.2) is 38.6 Å². The number of carbonyl (C=O) groups excluding carboxylic acids is 1. The summed E-state index contributed by atoms with van der Waals surface area (Å²) in [6.07, 6.45) is 0.414. The van der Waals surface area contributed by atoms with E-state index in [1.54, 1.807) is 4.90 Å². The van der Waals surface area contributed by atoms with E-state index >= 15 is 0 Å².